The molecule has 2 aliphatic heterocycles. The molecular weight excluding hydrogens is 651 g/mol. The predicted molar refractivity (Wildman–Crippen MR) is 174 cm³/mol. The van der Waals surface area contributed by atoms with Gasteiger partial charge < -0.3 is 44.3 Å². The number of ether oxygens (including phenoxy) is 4. The molecule has 0 bridgehead atoms. The Labute approximate surface area is 279 Å². The number of esters is 2. The fraction of sp³-hybridized carbons (Fsp3) is 0.759. The molecule has 2 fully saturated rings. The molecule has 6 atom stereocenters. The van der Waals surface area contributed by atoms with E-state index in [0.717, 1.165) is 0 Å². The standard InChI is InChI=1S/C29H49N8O10P/c1-8-44-25(39)19(16(3)4)34-48(42,35-20(17(5)6)26(40)45-9-2)46-14-18-22(38)29(7,41)27(47-18)37-15-31-21-23(32-28(30)33-24(21)37)36-10-12-43-13-11-36/h15-20,22,27,38,41H,8-14H2,1-7H3,(H2,30,32,33)(H2,34,35,42)/t18-,19+,20+,22-,27-,29-/m1/s1. The first-order valence-corrected chi connectivity index (χ1v) is 17.8. The number of anilines is 2. The van der Waals surface area contributed by atoms with Gasteiger partial charge in [0, 0.05) is 13.1 Å². The zero-order chi connectivity index (χ0) is 35.4. The van der Waals surface area contributed by atoms with Crippen molar-refractivity contribution in [3.05, 3.63) is 6.33 Å². The Balaban J connectivity index is 1.62. The van der Waals surface area contributed by atoms with Gasteiger partial charge in [-0.3, -0.25) is 18.7 Å². The smallest absolute Gasteiger partial charge is 0.342 e. The van der Waals surface area contributed by atoms with Crippen molar-refractivity contribution in [3.8, 4) is 0 Å². The van der Waals surface area contributed by atoms with E-state index in [4.69, 9.17) is 29.2 Å². The van der Waals surface area contributed by atoms with Gasteiger partial charge in [-0.1, -0.05) is 27.7 Å². The van der Waals surface area contributed by atoms with Gasteiger partial charge in [-0.25, -0.2) is 15.2 Å². The number of nitrogen functional groups attached to an aromatic ring is 1. The average molecular weight is 701 g/mol. The molecule has 4 heterocycles. The Morgan fingerprint density at radius 3 is 2.17 bits per heavy atom. The Hall–Kier alpha value is -2.96. The molecule has 48 heavy (non-hydrogen) atoms. The third-order valence-electron chi connectivity index (χ3n) is 8.19. The van der Waals surface area contributed by atoms with Crippen molar-refractivity contribution in [2.75, 3.05) is 56.8 Å². The van der Waals surface area contributed by atoms with Gasteiger partial charge in [0.25, 0.3) is 0 Å². The normalized spacial score (nSPS) is 24.7. The van der Waals surface area contributed by atoms with Crippen molar-refractivity contribution in [1.29, 1.82) is 0 Å². The van der Waals surface area contributed by atoms with Crippen molar-refractivity contribution in [2.45, 2.75) is 84.6 Å². The van der Waals surface area contributed by atoms with Crippen molar-refractivity contribution < 1.29 is 47.8 Å². The molecule has 0 spiro atoms. The molecule has 0 saturated carbocycles. The maximum absolute atomic E-state index is 14.5. The highest BCUT2D eigenvalue weighted by Crippen LogP contribution is 2.45. The van der Waals surface area contributed by atoms with Crippen LogP contribution in [0.1, 0.15) is 54.7 Å². The lowest BCUT2D eigenvalue weighted by Gasteiger charge is -2.31. The fourth-order valence-electron chi connectivity index (χ4n) is 5.53. The molecule has 18 nitrogen and oxygen atoms in total. The molecule has 0 aromatic carbocycles. The number of aromatic nitrogens is 4. The van der Waals surface area contributed by atoms with Crippen molar-refractivity contribution in [1.82, 2.24) is 29.7 Å². The second-order valence-corrected chi connectivity index (χ2v) is 14.5. The van der Waals surface area contributed by atoms with Crippen molar-refractivity contribution >= 4 is 42.5 Å². The second kappa shape index (κ2) is 15.7. The van der Waals surface area contributed by atoms with Crippen LogP contribution >= 0.6 is 7.67 Å². The van der Waals surface area contributed by atoms with E-state index in [-0.39, 0.29) is 24.8 Å². The summed E-state index contributed by atoms with van der Waals surface area (Å²) in [6, 6.07) is -2.18. The van der Waals surface area contributed by atoms with Gasteiger partial charge in [-0.2, -0.15) is 9.97 Å². The highest BCUT2D eigenvalue weighted by molar-refractivity contribution is 7.54. The van der Waals surface area contributed by atoms with Gasteiger partial charge >= 0.3 is 19.6 Å². The second-order valence-electron chi connectivity index (χ2n) is 12.6. The van der Waals surface area contributed by atoms with Crippen LogP contribution in [0.4, 0.5) is 11.8 Å². The van der Waals surface area contributed by atoms with Gasteiger partial charge in [0.1, 0.15) is 29.9 Å². The summed E-state index contributed by atoms with van der Waals surface area (Å²) in [6.07, 6.45) is -2.62. The molecule has 0 amide bonds. The summed E-state index contributed by atoms with van der Waals surface area (Å²) < 4.78 is 43.8. The number of aliphatic hydroxyl groups is 2. The molecule has 2 aromatic heterocycles. The molecule has 0 unspecified atom stereocenters. The monoisotopic (exact) mass is 700 g/mol. The first-order chi connectivity index (χ1) is 22.6. The third-order valence-corrected chi connectivity index (χ3v) is 9.94. The predicted octanol–water partition coefficient (Wildman–Crippen LogP) is 0.734. The average Bonchev–Trinajstić information content (AvgIpc) is 3.54. The highest BCUT2D eigenvalue weighted by atomic mass is 31.2. The van der Waals surface area contributed by atoms with Crippen LogP contribution in [-0.4, -0.2) is 118 Å². The molecular formula is C29H49N8O10P. The molecule has 19 heteroatoms. The maximum Gasteiger partial charge on any atom is 0.342 e. The number of nitrogens with zero attached hydrogens (tertiary/aromatic N) is 5. The molecule has 2 saturated heterocycles. The minimum Gasteiger partial charge on any atom is -0.465 e. The SMILES string of the molecule is CCOC(=O)[C@@H](NP(=O)(N[C@H](C(=O)OCC)C(C)C)OC[C@H]1O[C@@H](n2cnc3c(N4CCOCC4)nc(N)nc32)[C@](C)(O)[C@@H]1O)C(C)C. The molecule has 270 valence electrons. The summed E-state index contributed by atoms with van der Waals surface area (Å²) in [6.45, 7) is 13.4. The summed E-state index contributed by atoms with van der Waals surface area (Å²) in [7, 11) is -4.31. The van der Waals surface area contributed by atoms with E-state index in [0.29, 0.717) is 37.6 Å². The van der Waals surface area contributed by atoms with Gasteiger partial charge in [-0.05, 0) is 32.6 Å². The van der Waals surface area contributed by atoms with E-state index in [1.54, 1.807) is 41.5 Å². The van der Waals surface area contributed by atoms with Crippen LogP contribution in [0.3, 0.4) is 0 Å². The third kappa shape index (κ3) is 8.25. The number of carbonyl (C=O) groups is 2. The first kappa shape index (κ1) is 37.9. The number of fused-ring (bicyclic) bond motifs is 1. The Morgan fingerprint density at radius 2 is 1.65 bits per heavy atom. The van der Waals surface area contributed by atoms with E-state index >= 15 is 0 Å². The van der Waals surface area contributed by atoms with Crippen LogP contribution in [-0.2, 0) is 37.6 Å². The van der Waals surface area contributed by atoms with Gasteiger partial charge in [0.05, 0.1) is 39.4 Å². The van der Waals surface area contributed by atoms with E-state index in [2.05, 4.69) is 25.1 Å². The quantitative estimate of drug-likeness (QED) is 0.127. The van der Waals surface area contributed by atoms with E-state index < -0.39 is 74.2 Å². The number of hydrogen-bond acceptors (Lipinski definition) is 15. The summed E-state index contributed by atoms with van der Waals surface area (Å²) in [5.74, 6) is -1.65. The number of morpholine rings is 1. The fourth-order valence-corrected chi connectivity index (χ4v) is 7.65. The van der Waals surface area contributed by atoms with Crippen LogP contribution in [0.5, 0.6) is 0 Å². The first-order valence-electron chi connectivity index (χ1n) is 16.2. The molecule has 2 aliphatic rings. The minimum atomic E-state index is -4.31. The van der Waals surface area contributed by atoms with E-state index in [9.17, 15) is 24.4 Å². The maximum atomic E-state index is 14.5. The molecule has 2 aromatic rings. The summed E-state index contributed by atoms with van der Waals surface area (Å²) in [5.41, 5.74) is 4.84. The number of imidazole rings is 1. The number of carbonyl (C=O) groups excluding carboxylic acids is 2. The highest BCUT2D eigenvalue weighted by Gasteiger charge is 2.54. The number of rotatable bonds is 15. The molecule has 0 radical (unpaired) electrons. The summed E-state index contributed by atoms with van der Waals surface area (Å²) in [4.78, 5) is 40.9. The van der Waals surface area contributed by atoms with Crippen molar-refractivity contribution in [2.24, 2.45) is 11.8 Å². The molecule has 4 rings (SSSR count). The topological polar surface area (TPSA) is 235 Å². The Kier molecular flexibility index (Phi) is 12.4. The largest absolute Gasteiger partial charge is 0.465 e. The lowest BCUT2D eigenvalue weighted by molar-refractivity contribution is -0.146. The van der Waals surface area contributed by atoms with Crippen LogP contribution < -0.4 is 20.8 Å². The van der Waals surface area contributed by atoms with Crippen LogP contribution in [0, 0.1) is 11.8 Å². The Bertz CT molecular complexity index is 1430. The number of nitrogens with one attached hydrogen (secondary N) is 2. The van der Waals surface area contributed by atoms with Gasteiger partial charge in [0.15, 0.2) is 23.2 Å². The van der Waals surface area contributed by atoms with Crippen LogP contribution in [0.2, 0.25) is 0 Å². The lowest BCUT2D eigenvalue weighted by atomic mass is 9.96. The summed E-state index contributed by atoms with van der Waals surface area (Å²) in [5, 5.41) is 28.3. The zero-order valence-corrected chi connectivity index (χ0v) is 29.4. The lowest BCUT2D eigenvalue weighted by Crippen LogP contribution is -2.49. The van der Waals surface area contributed by atoms with Gasteiger partial charge in [0.2, 0.25) is 5.95 Å². The molecule has 6 N–H and O–H groups in total. The number of hydrogen-bond donors (Lipinski definition) is 5. The van der Waals surface area contributed by atoms with Gasteiger partial charge in [-0.15, -0.1) is 0 Å². The van der Waals surface area contributed by atoms with Crippen LogP contribution in [0.25, 0.3) is 11.2 Å². The summed E-state index contributed by atoms with van der Waals surface area (Å²) >= 11 is 0. The Morgan fingerprint density at radius 1 is 1.08 bits per heavy atom. The number of nitrogens with two attached hydrogens (primary N) is 1. The van der Waals surface area contributed by atoms with E-state index in [1.807, 2.05) is 4.90 Å². The zero-order valence-electron chi connectivity index (χ0n) is 28.5. The molecule has 0 aliphatic carbocycles. The van der Waals surface area contributed by atoms with E-state index in [1.165, 1.54) is 17.8 Å². The minimum absolute atomic E-state index is 0.0236. The number of aliphatic hydroxyl groups excluding tert-OH is 1. The van der Waals surface area contributed by atoms with Crippen molar-refractivity contribution in [3.63, 3.8) is 0 Å². The van der Waals surface area contributed by atoms with Crippen LogP contribution in [0.15, 0.2) is 6.33 Å².